The first kappa shape index (κ1) is 20.6. The summed E-state index contributed by atoms with van der Waals surface area (Å²) in [6.45, 7) is 6.58. The quantitative estimate of drug-likeness (QED) is 0.760. The summed E-state index contributed by atoms with van der Waals surface area (Å²) < 4.78 is 18.8. The molecule has 0 saturated carbocycles. The Morgan fingerprint density at radius 2 is 1.70 bits per heavy atom. The first-order valence-electron chi connectivity index (χ1n) is 8.91. The molecule has 0 spiro atoms. The molecular weight excluding hydrogens is 345 g/mol. The van der Waals surface area contributed by atoms with Crippen molar-refractivity contribution in [3.63, 3.8) is 0 Å². The van der Waals surface area contributed by atoms with Crippen LogP contribution in [0.1, 0.15) is 31.9 Å². The van der Waals surface area contributed by atoms with Crippen molar-refractivity contribution >= 4 is 17.5 Å². The molecule has 0 unspecified atom stereocenters. The molecule has 0 aliphatic rings. The first-order chi connectivity index (χ1) is 12.7. The number of hydrogen-bond acceptors (Lipinski definition) is 4. The molecule has 2 rings (SSSR count). The second kappa shape index (κ2) is 8.75. The fourth-order valence-electron chi connectivity index (χ4n) is 2.52. The normalized spacial score (nSPS) is 11.0. The van der Waals surface area contributed by atoms with E-state index in [0.717, 1.165) is 16.8 Å². The standard InChI is InChI=1S/C21H28FN3O2/c1-21(2,3)27-20(26)25(5)14-16-8-6-15(7-9-16)13-24-19-12-17(22)10-11-18(19)23-4/h6-12,23-24H,13-14H2,1-5H3. The second-order valence-corrected chi connectivity index (χ2v) is 7.45. The van der Waals surface area contributed by atoms with Gasteiger partial charge >= 0.3 is 6.09 Å². The van der Waals surface area contributed by atoms with E-state index in [1.165, 1.54) is 12.1 Å². The van der Waals surface area contributed by atoms with Crippen LogP contribution < -0.4 is 10.6 Å². The largest absolute Gasteiger partial charge is 0.444 e. The fourth-order valence-corrected chi connectivity index (χ4v) is 2.52. The highest BCUT2D eigenvalue weighted by Gasteiger charge is 2.19. The van der Waals surface area contributed by atoms with Crippen LogP contribution in [0.5, 0.6) is 0 Å². The second-order valence-electron chi connectivity index (χ2n) is 7.45. The van der Waals surface area contributed by atoms with Gasteiger partial charge in [-0.25, -0.2) is 9.18 Å². The molecule has 0 aliphatic carbocycles. The lowest BCUT2D eigenvalue weighted by molar-refractivity contribution is 0.0285. The van der Waals surface area contributed by atoms with Crippen LogP contribution in [0.4, 0.5) is 20.6 Å². The number of hydrogen-bond donors (Lipinski definition) is 2. The van der Waals surface area contributed by atoms with E-state index < -0.39 is 5.60 Å². The van der Waals surface area contributed by atoms with Crippen molar-refractivity contribution in [3.8, 4) is 0 Å². The number of carbonyl (C=O) groups excluding carboxylic acids is 1. The van der Waals surface area contributed by atoms with E-state index in [4.69, 9.17) is 4.74 Å². The molecule has 0 aromatic heterocycles. The molecule has 6 heteroatoms. The molecule has 0 saturated heterocycles. The van der Waals surface area contributed by atoms with Gasteiger partial charge in [-0.15, -0.1) is 0 Å². The van der Waals surface area contributed by atoms with E-state index in [0.29, 0.717) is 18.8 Å². The zero-order valence-electron chi connectivity index (χ0n) is 16.6. The van der Waals surface area contributed by atoms with E-state index in [9.17, 15) is 9.18 Å². The molecule has 0 fully saturated rings. The predicted molar refractivity (Wildman–Crippen MR) is 107 cm³/mol. The number of halogens is 1. The highest BCUT2D eigenvalue weighted by atomic mass is 19.1. The number of amides is 1. The van der Waals surface area contributed by atoms with Gasteiger partial charge in [0, 0.05) is 27.2 Å². The molecule has 2 aromatic rings. The van der Waals surface area contributed by atoms with E-state index in [-0.39, 0.29) is 11.9 Å². The summed E-state index contributed by atoms with van der Waals surface area (Å²) >= 11 is 0. The van der Waals surface area contributed by atoms with E-state index >= 15 is 0 Å². The third kappa shape index (κ3) is 6.47. The van der Waals surface area contributed by atoms with Crippen LogP contribution in [0.15, 0.2) is 42.5 Å². The minimum atomic E-state index is -0.510. The zero-order chi connectivity index (χ0) is 20.0. The Balaban J connectivity index is 1.94. The first-order valence-corrected chi connectivity index (χ1v) is 8.91. The van der Waals surface area contributed by atoms with Gasteiger partial charge in [0.15, 0.2) is 0 Å². The van der Waals surface area contributed by atoms with Crippen molar-refractivity contribution in [1.29, 1.82) is 0 Å². The molecule has 5 nitrogen and oxygen atoms in total. The molecule has 0 radical (unpaired) electrons. The van der Waals surface area contributed by atoms with Gasteiger partial charge in [-0.2, -0.15) is 0 Å². The summed E-state index contributed by atoms with van der Waals surface area (Å²) in [6, 6.07) is 12.5. The average Bonchev–Trinajstić information content (AvgIpc) is 2.59. The van der Waals surface area contributed by atoms with Gasteiger partial charge in [0.25, 0.3) is 0 Å². The minimum absolute atomic E-state index is 0.281. The number of rotatable bonds is 6. The summed E-state index contributed by atoms with van der Waals surface area (Å²) in [6.07, 6.45) is -0.348. The fraction of sp³-hybridized carbons (Fsp3) is 0.381. The smallest absolute Gasteiger partial charge is 0.410 e. The number of anilines is 2. The van der Waals surface area contributed by atoms with Crippen LogP contribution >= 0.6 is 0 Å². The average molecular weight is 373 g/mol. The van der Waals surface area contributed by atoms with Crippen molar-refractivity contribution in [1.82, 2.24) is 4.90 Å². The molecule has 0 atom stereocenters. The summed E-state index contributed by atoms with van der Waals surface area (Å²) in [5.41, 5.74) is 3.11. The van der Waals surface area contributed by atoms with Gasteiger partial charge in [-0.3, -0.25) is 0 Å². The van der Waals surface area contributed by atoms with E-state index in [1.54, 1.807) is 25.1 Å². The van der Waals surface area contributed by atoms with Crippen LogP contribution in [-0.4, -0.2) is 30.7 Å². The molecular formula is C21H28FN3O2. The summed E-state index contributed by atoms with van der Waals surface area (Å²) in [5.74, 6) is -0.281. The Bertz CT molecular complexity index is 770. The van der Waals surface area contributed by atoms with Crippen molar-refractivity contribution in [2.75, 3.05) is 24.7 Å². The van der Waals surface area contributed by atoms with Gasteiger partial charge in [0.2, 0.25) is 0 Å². The SMILES string of the molecule is CNc1ccc(F)cc1NCc1ccc(CN(C)C(=O)OC(C)(C)C)cc1. The Kier molecular flexibility index (Phi) is 6.66. The molecule has 0 bridgehead atoms. The van der Waals surface area contributed by atoms with Crippen LogP contribution in [0, 0.1) is 5.82 Å². The Hall–Kier alpha value is -2.76. The number of benzene rings is 2. The summed E-state index contributed by atoms with van der Waals surface area (Å²) in [5, 5.41) is 6.28. The lowest BCUT2D eigenvalue weighted by Crippen LogP contribution is -2.33. The van der Waals surface area contributed by atoms with E-state index in [2.05, 4.69) is 10.6 Å². The molecule has 2 N–H and O–H groups in total. The maximum absolute atomic E-state index is 13.4. The maximum atomic E-state index is 13.4. The number of ether oxygens (including phenoxy) is 1. The lowest BCUT2D eigenvalue weighted by Gasteiger charge is -2.24. The third-order valence-electron chi connectivity index (χ3n) is 3.88. The molecule has 27 heavy (non-hydrogen) atoms. The number of nitrogens with one attached hydrogen (secondary N) is 2. The zero-order valence-corrected chi connectivity index (χ0v) is 16.6. The van der Waals surface area contributed by atoms with Gasteiger partial charge in [0.1, 0.15) is 11.4 Å². The highest BCUT2D eigenvalue weighted by Crippen LogP contribution is 2.23. The maximum Gasteiger partial charge on any atom is 0.410 e. The topological polar surface area (TPSA) is 53.6 Å². The third-order valence-corrected chi connectivity index (χ3v) is 3.88. The lowest BCUT2D eigenvalue weighted by atomic mass is 10.1. The predicted octanol–water partition coefficient (Wildman–Crippen LogP) is 4.85. The highest BCUT2D eigenvalue weighted by molar-refractivity contribution is 5.68. The van der Waals surface area contributed by atoms with Crippen LogP contribution in [0.3, 0.4) is 0 Å². The molecule has 0 heterocycles. The summed E-state index contributed by atoms with van der Waals surface area (Å²) in [7, 11) is 3.52. The van der Waals surface area contributed by atoms with Crippen LogP contribution in [0.25, 0.3) is 0 Å². The van der Waals surface area contributed by atoms with Crippen molar-refractivity contribution in [2.24, 2.45) is 0 Å². The van der Waals surface area contributed by atoms with Crippen LogP contribution in [0.2, 0.25) is 0 Å². The molecule has 1 amide bonds. The minimum Gasteiger partial charge on any atom is -0.444 e. The van der Waals surface area contributed by atoms with Gasteiger partial charge in [-0.1, -0.05) is 24.3 Å². The number of carbonyl (C=O) groups is 1. The van der Waals surface area contributed by atoms with Crippen molar-refractivity contribution in [2.45, 2.75) is 39.5 Å². The van der Waals surface area contributed by atoms with E-state index in [1.807, 2.05) is 45.0 Å². The van der Waals surface area contributed by atoms with Gasteiger partial charge < -0.3 is 20.3 Å². The van der Waals surface area contributed by atoms with Crippen molar-refractivity contribution in [3.05, 3.63) is 59.4 Å². The molecule has 0 aliphatic heterocycles. The molecule has 146 valence electrons. The monoisotopic (exact) mass is 373 g/mol. The van der Waals surface area contributed by atoms with Crippen molar-refractivity contribution < 1.29 is 13.9 Å². The van der Waals surface area contributed by atoms with Gasteiger partial charge in [-0.05, 0) is 50.1 Å². The van der Waals surface area contributed by atoms with Gasteiger partial charge in [0.05, 0.1) is 11.4 Å². The Morgan fingerprint density at radius 3 is 2.30 bits per heavy atom. The molecule has 2 aromatic carbocycles. The van der Waals surface area contributed by atoms with Crippen LogP contribution in [-0.2, 0) is 17.8 Å². The Morgan fingerprint density at radius 1 is 1.07 bits per heavy atom. The Labute approximate surface area is 160 Å². The summed E-state index contributed by atoms with van der Waals surface area (Å²) in [4.78, 5) is 13.6. The number of nitrogens with zero attached hydrogens (tertiary/aromatic N) is 1.